The predicted molar refractivity (Wildman–Crippen MR) is 98.1 cm³/mol. The van der Waals surface area contributed by atoms with Gasteiger partial charge >= 0.3 is 0 Å². The summed E-state index contributed by atoms with van der Waals surface area (Å²) < 4.78 is 17.8. The number of anilines is 1. The summed E-state index contributed by atoms with van der Waals surface area (Å²) in [4.78, 5) is 12.6. The second-order valence-corrected chi connectivity index (χ2v) is 6.27. The molecule has 136 valence electrons. The van der Waals surface area contributed by atoms with Gasteiger partial charge in [-0.25, -0.2) is 0 Å². The van der Waals surface area contributed by atoms with Crippen LogP contribution < -0.4 is 20.3 Å². The Bertz CT molecular complexity index is 991. The van der Waals surface area contributed by atoms with Gasteiger partial charge in [-0.05, 0) is 26.0 Å². The Hall–Kier alpha value is -3.23. The molecule has 2 radical (unpaired) electrons. The van der Waals surface area contributed by atoms with Gasteiger partial charge in [0.2, 0.25) is 0 Å². The van der Waals surface area contributed by atoms with Crippen LogP contribution in [0.1, 0.15) is 27.4 Å². The van der Waals surface area contributed by atoms with Crippen molar-refractivity contribution < 1.29 is 18.8 Å². The quantitative estimate of drug-likeness (QED) is 0.703. The first-order valence-corrected chi connectivity index (χ1v) is 8.46. The number of carbonyl (C=O) groups is 1. The fourth-order valence-corrected chi connectivity index (χ4v) is 2.90. The van der Waals surface area contributed by atoms with Crippen molar-refractivity contribution in [1.29, 1.82) is 0 Å². The van der Waals surface area contributed by atoms with E-state index in [-0.39, 0.29) is 5.91 Å². The zero-order valence-corrected chi connectivity index (χ0v) is 15.0. The van der Waals surface area contributed by atoms with Gasteiger partial charge in [0, 0.05) is 17.3 Å². The average Bonchev–Trinajstić information content (AvgIpc) is 3.22. The molecule has 0 fully saturated rings. The number of hydrogen-bond donors (Lipinski definition) is 1. The number of nitrogens with one attached hydrogen (secondary N) is 1. The fourth-order valence-electron chi connectivity index (χ4n) is 2.90. The van der Waals surface area contributed by atoms with Crippen molar-refractivity contribution in [2.45, 2.75) is 20.4 Å². The molecule has 0 atom stereocenters. The topological polar surface area (TPSA) is 91.4 Å². The summed E-state index contributed by atoms with van der Waals surface area (Å²) in [5.41, 5.74) is 2.98. The fraction of sp³-hybridized carbons (Fsp3) is 0.278. The van der Waals surface area contributed by atoms with E-state index < -0.39 is 0 Å². The van der Waals surface area contributed by atoms with E-state index in [0.717, 1.165) is 17.0 Å². The van der Waals surface area contributed by atoms with Gasteiger partial charge in [-0.1, -0.05) is 10.6 Å². The molecular weight excluding hydrogens is 347 g/mol. The third-order valence-electron chi connectivity index (χ3n) is 4.35. The van der Waals surface area contributed by atoms with E-state index in [1.165, 1.54) is 0 Å². The lowest BCUT2D eigenvalue weighted by molar-refractivity contribution is 0.102. The van der Waals surface area contributed by atoms with Gasteiger partial charge in [0.05, 0.1) is 24.1 Å². The summed E-state index contributed by atoms with van der Waals surface area (Å²) in [5.74, 6) is 1.45. The Morgan fingerprint density at radius 2 is 2.00 bits per heavy atom. The molecule has 9 heteroatoms. The van der Waals surface area contributed by atoms with E-state index in [0.29, 0.717) is 48.0 Å². The third kappa shape index (κ3) is 3.40. The number of aromatic nitrogens is 3. The van der Waals surface area contributed by atoms with Crippen LogP contribution in [0, 0.1) is 13.8 Å². The zero-order chi connectivity index (χ0) is 19.0. The van der Waals surface area contributed by atoms with Crippen molar-refractivity contribution in [3.8, 4) is 11.5 Å². The highest BCUT2D eigenvalue weighted by molar-refractivity contribution is 6.37. The number of ether oxygens (including phenoxy) is 2. The molecule has 0 aliphatic carbocycles. The first kappa shape index (κ1) is 17.2. The highest BCUT2D eigenvalue weighted by atomic mass is 16.6. The molecule has 2 aromatic heterocycles. The molecule has 0 bridgehead atoms. The molecule has 1 aliphatic rings. The molecule has 3 aromatic rings. The van der Waals surface area contributed by atoms with E-state index in [4.69, 9.17) is 21.8 Å². The highest BCUT2D eigenvalue weighted by Crippen LogP contribution is 2.29. The monoisotopic (exact) mass is 364 g/mol. The maximum Gasteiger partial charge on any atom is 0.255 e. The summed E-state index contributed by atoms with van der Waals surface area (Å²) in [5, 5.41) is 11.0. The van der Waals surface area contributed by atoms with Crippen molar-refractivity contribution >= 4 is 24.9 Å². The van der Waals surface area contributed by atoms with Crippen LogP contribution >= 0.6 is 0 Å². The molecule has 0 unspecified atom stereocenters. The van der Waals surface area contributed by atoms with Gasteiger partial charge in [-0.2, -0.15) is 5.10 Å². The Morgan fingerprint density at radius 1 is 1.26 bits per heavy atom. The van der Waals surface area contributed by atoms with E-state index in [9.17, 15) is 4.79 Å². The standard InChI is InChI=1S/C18H17BN4O4/c1-10-14(11(2)27-22-10)9-23-8-12(7-20-23)21-18(24)13-5-16-17(6-15(13)19)26-4-3-25-16/h5-8H,3-4,9H2,1-2H3,(H,21,24). The number of nitrogens with zero attached hydrogens (tertiary/aromatic N) is 3. The van der Waals surface area contributed by atoms with Crippen LogP contribution in [0.2, 0.25) is 0 Å². The Kier molecular flexibility index (Phi) is 4.35. The maximum absolute atomic E-state index is 12.6. The van der Waals surface area contributed by atoms with Crippen LogP contribution in [0.25, 0.3) is 0 Å². The van der Waals surface area contributed by atoms with E-state index in [1.54, 1.807) is 29.2 Å². The number of hydrogen-bond acceptors (Lipinski definition) is 6. The zero-order valence-electron chi connectivity index (χ0n) is 15.0. The van der Waals surface area contributed by atoms with Gasteiger partial charge in [-0.3, -0.25) is 9.48 Å². The van der Waals surface area contributed by atoms with Crippen molar-refractivity contribution in [3.63, 3.8) is 0 Å². The van der Waals surface area contributed by atoms with E-state index in [2.05, 4.69) is 15.6 Å². The number of benzene rings is 1. The molecule has 27 heavy (non-hydrogen) atoms. The maximum atomic E-state index is 12.6. The van der Waals surface area contributed by atoms with Gasteiger partial charge in [0.1, 0.15) is 26.8 Å². The molecule has 3 heterocycles. The van der Waals surface area contributed by atoms with Crippen molar-refractivity contribution in [1.82, 2.24) is 14.9 Å². The van der Waals surface area contributed by atoms with Crippen LogP contribution in [0.5, 0.6) is 11.5 Å². The minimum absolute atomic E-state index is 0.317. The van der Waals surface area contributed by atoms with Crippen LogP contribution in [0.3, 0.4) is 0 Å². The third-order valence-corrected chi connectivity index (χ3v) is 4.35. The van der Waals surface area contributed by atoms with Gasteiger partial charge < -0.3 is 19.3 Å². The second kappa shape index (κ2) is 6.83. The molecule has 1 aromatic carbocycles. The average molecular weight is 364 g/mol. The molecule has 4 rings (SSSR count). The molecule has 8 nitrogen and oxygen atoms in total. The number of aryl methyl sites for hydroxylation is 2. The van der Waals surface area contributed by atoms with Crippen molar-refractivity contribution in [2.24, 2.45) is 0 Å². The number of rotatable bonds is 4. The minimum Gasteiger partial charge on any atom is -0.486 e. The predicted octanol–water partition coefficient (Wildman–Crippen LogP) is 1.35. The summed E-state index contributed by atoms with van der Waals surface area (Å²) in [6, 6.07) is 3.19. The largest absolute Gasteiger partial charge is 0.486 e. The first-order chi connectivity index (χ1) is 13.0. The molecule has 1 amide bonds. The molecule has 1 N–H and O–H groups in total. The lowest BCUT2D eigenvalue weighted by Crippen LogP contribution is -2.24. The molecule has 0 spiro atoms. The van der Waals surface area contributed by atoms with Crippen molar-refractivity contribution in [3.05, 3.63) is 47.1 Å². The van der Waals surface area contributed by atoms with E-state index >= 15 is 0 Å². The highest BCUT2D eigenvalue weighted by Gasteiger charge is 2.18. The lowest BCUT2D eigenvalue weighted by Gasteiger charge is -2.20. The molecule has 0 saturated heterocycles. The second-order valence-electron chi connectivity index (χ2n) is 6.27. The van der Waals surface area contributed by atoms with E-state index in [1.807, 2.05) is 13.8 Å². The first-order valence-electron chi connectivity index (χ1n) is 8.46. The van der Waals surface area contributed by atoms with Gasteiger partial charge in [-0.15, -0.1) is 0 Å². The van der Waals surface area contributed by atoms with Crippen LogP contribution in [-0.4, -0.2) is 41.9 Å². The van der Waals surface area contributed by atoms with Crippen LogP contribution in [0.4, 0.5) is 5.69 Å². The molecule has 0 saturated carbocycles. The summed E-state index contributed by atoms with van der Waals surface area (Å²) in [6.07, 6.45) is 3.31. The number of fused-ring (bicyclic) bond motifs is 1. The Labute approximate surface area is 156 Å². The Balaban J connectivity index is 1.50. The number of amides is 1. The molecular formula is C18H17BN4O4. The minimum atomic E-state index is -0.346. The summed E-state index contributed by atoms with van der Waals surface area (Å²) >= 11 is 0. The Morgan fingerprint density at radius 3 is 2.70 bits per heavy atom. The van der Waals surface area contributed by atoms with Crippen LogP contribution in [0.15, 0.2) is 29.0 Å². The molecule has 1 aliphatic heterocycles. The smallest absolute Gasteiger partial charge is 0.255 e. The number of carbonyl (C=O) groups excluding carboxylic acids is 1. The SMILES string of the molecule is [B]c1cc2c(cc1C(=O)Nc1cnn(Cc3c(C)noc3C)c1)OCCO2. The van der Waals surface area contributed by atoms with Crippen molar-refractivity contribution in [2.75, 3.05) is 18.5 Å². The van der Waals surface area contributed by atoms with Crippen LogP contribution in [-0.2, 0) is 6.54 Å². The van der Waals surface area contributed by atoms with Gasteiger partial charge in [0.25, 0.3) is 5.91 Å². The lowest BCUT2D eigenvalue weighted by atomic mass is 9.89. The summed E-state index contributed by atoms with van der Waals surface area (Å²) in [7, 11) is 5.99. The summed E-state index contributed by atoms with van der Waals surface area (Å²) in [6.45, 7) is 5.13. The van der Waals surface area contributed by atoms with Gasteiger partial charge in [0.15, 0.2) is 11.5 Å². The normalized spacial score (nSPS) is 12.8.